The standard InChI is InChI=1S/C12H21/c1-4-5-6-7-8-9-10-11-12(2)3/h9-11H,2,4-8H2,1,3H3. The molecule has 0 fully saturated rings. The maximum atomic E-state index is 3.80. The van der Waals surface area contributed by atoms with E-state index in [1.807, 2.05) is 6.92 Å². The summed E-state index contributed by atoms with van der Waals surface area (Å²) in [5.41, 5.74) is 1.12. The molecule has 0 heterocycles. The molecule has 0 rings (SSSR count). The largest absolute Gasteiger partial charge is 0.0845 e. The molecule has 0 unspecified atom stereocenters. The number of allylic oxidation sites excluding steroid dienone is 4. The zero-order valence-electron chi connectivity index (χ0n) is 8.47. The van der Waals surface area contributed by atoms with E-state index in [0.29, 0.717) is 0 Å². The third-order valence-electron chi connectivity index (χ3n) is 1.74. The van der Waals surface area contributed by atoms with Gasteiger partial charge in [0.25, 0.3) is 0 Å². The van der Waals surface area contributed by atoms with Gasteiger partial charge in [0.1, 0.15) is 0 Å². The fourth-order valence-electron chi connectivity index (χ4n) is 1.02. The van der Waals surface area contributed by atoms with Crippen molar-refractivity contribution in [3.8, 4) is 0 Å². The first-order chi connectivity index (χ1) is 5.77. The topological polar surface area (TPSA) is 0 Å². The summed E-state index contributed by atoms with van der Waals surface area (Å²) in [5.74, 6) is 0. The Morgan fingerprint density at radius 1 is 1.25 bits per heavy atom. The minimum atomic E-state index is 1.12. The molecule has 0 N–H and O–H groups in total. The number of unbranched alkanes of at least 4 members (excludes halogenated alkanes) is 4. The smallest absolute Gasteiger partial charge is 0.0283 e. The lowest BCUT2D eigenvalue weighted by molar-refractivity contribution is 0.674. The summed E-state index contributed by atoms with van der Waals surface area (Å²) < 4.78 is 0. The molecule has 0 amide bonds. The van der Waals surface area contributed by atoms with Gasteiger partial charge in [0, 0.05) is 0 Å². The van der Waals surface area contributed by atoms with Crippen molar-refractivity contribution in [3.63, 3.8) is 0 Å². The van der Waals surface area contributed by atoms with Gasteiger partial charge in [0.05, 0.1) is 0 Å². The molecular formula is C12H21. The van der Waals surface area contributed by atoms with Gasteiger partial charge in [-0.2, -0.15) is 0 Å². The van der Waals surface area contributed by atoms with E-state index in [1.54, 1.807) is 0 Å². The molecular weight excluding hydrogens is 144 g/mol. The van der Waals surface area contributed by atoms with Gasteiger partial charge in [-0.1, -0.05) is 50.0 Å². The van der Waals surface area contributed by atoms with E-state index in [1.165, 1.54) is 32.1 Å². The molecule has 0 atom stereocenters. The highest BCUT2D eigenvalue weighted by molar-refractivity contribution is 5.12. The Balaban J connectivity index is 3.19. The lowest BCUT2D eigenvalue weighted by atomic mass is 10.1. The molecule has 0 nitrogen and oxygen atoms in total. The first-order valence-electron chi connectivity index (χ1n) is 4.92. The molecule has 0 spiro atoms. The number of hydrogen-bond donors (Lipinski definition) is 0. The van der Waals surface area contributed by atoms with Gasteiger partial charge in [-0.05, 0) is 26.7 Å². The average molecular weight is 165 g/mol. The van der Waals surface area contributed by atoms with E-state index >= 15 is 0 Å². The second-order valence-electron chi connectivity index (χ2n) is 3.29. The minimum absolute atomic E-state index is 1.12. The fourth-order valence-corrected chi connectivity index (χ4v) is 1.02. The van der Waals surface area contributed by atoms with Crippen LogP contribution in [0.3, 0.4) is 0 Å². The van der Waals surface area contributed by atoms with Crippen LogP contribution in [0.25, 0.3) is 0 Å². The zero-order chi connectivity index (χ0) is 9.23. The molecule has 69 valence electrons. The fraction of sp³-hybridized carbons (Fsp3) is 0.583. The average Bonchev–Trinajstić information content (AvgIpc) is 2.02. The van der Waals surface area contributed by atoms with Crippen LogP contribution in [0, 0.1) is 6.92 Å². The van der Waals surface area contributed by atoms with Crippen molar-refractivity contribution in [1.82, 2.24) is 0 Å². The lowest BCUT2D eigenvalue weighted by Gasteiger charge is -1.93. The van der Waals surface area contributed by atoms with Crippen LogP contribution in [0.4, 0.5) is 0 Å². The Morgan fingerprint density at radius 2 is 2.00 bits per heavy atom. The summed E-state index contributed by atoms with van der Waals surface area (Å²) in [5, 5.41) is 0. The predicted octanol–water partition coefficient (Wildman–Crippen LogP) is 4.29. The van der Waals surface area contributed by atoms with E-state index in [0.717, 1.165) is 5.57 Å². The van der Waals surface area contributed by atoms with Crippen molar-refractivity contribution in [1.29, 1.82) is 0 Å². The van der Waals surface area contributed by atoms with Crippen molar-refractivity contribution >= 4 is 0 Å². The Hall–Kier alpha value is -0.520. The zero-order valence-corrected chi connectivity index (χ0v) is 8.47. The van der Waals surface area contributed by atoms with Gasteiger partial charge in [-0.15, -0.1) is 0 Å². The summed E-state index contributed by atoms with van der Waals surface area (Å²) in [6.45, 7) is 8.05. The van der Waals surface area contributed by atoms with Gasteiger partial charge in [0.2, 0.25) is 0 Å². The monoisotopic (exact) mass is 165 g/mol. The molecule has 0 aromatic carbocycles. The molecule has 0 aliphatic carbocycles. The third-order valence-corrected chi connectivity index (χ3v) is 1.74. The molecule has 0 saturated heterocycles. The second kappa shape index (κ2) is 8.58. The van der Waals surface area contributed by atoms with Crippen molar-refractivity contribution in [2.45, 2.75) is 46.0 Å². The molecule has 0 bridgehead atoms. The van der Waals surface area contributed by atoms with E-state index in [9.17, 15) is 0 Å². The lowest BCUT2D eigenvalue weighted by Crippen LogP contribution is -1.73. The third kappa shape index (κ3) is 9.48. The Labute approximate surface area is 77.4 Å². The number of hydrogen-bond acceptors (Lipinski definition) is 0. The molecule has 0 aromatic rings. The summed E-state index contributed by atoms with van der Waals surface area (Å²) in [6, 6.07) is 0. The van der Waals surface area contributed by atoms with Crippen molar-refractivity contribution in [2.75, 3.05) is 0 Å². The highest BCUT2D eigenvalue weighted by atomic mass is 13.9. The van der Waals surface area contributed by atoms with Crippen LogP contribution in [-0.4, -0.2) is 0 Å². The minimum Gasteiger partial charge on any atom is -0.0845 e. The summed E-state index contributed by atoms with van der Waals surface area (Å²) in [4.78, 5) is 0. The second-order valence-corrected chi connectivity index (χ2v) is 3.29. The molecule has 0 saturated carbocycles. The van der Waals surface area contributed by atoms with Gasteiger partial charge < -0.3 is 0 Å². The van der Waals surface area contributed by atoms with Crippen molar-refractivity contribution in [2.24, 2.45) is 0 Å². The van der Waals surface area contributed by atoms with Gasteiger partial charge >= 0.3 is 0 Å². The van der Waals surface area contributed by atoms with E-state index in [4.69, 9.17) is 0 Å². The first kappa shape index (κ1) is 11.5. The van der Waals surface area contributed by atoms with Crippen molar-refractivity contribution < 1.29 is 0 Å². The van der Waals surface area contributed by atoms with E-state index < -0.39 is 0 Å². The maximum Gasteiger partial charge on any atom is -0.0283 e. The predicted molar refractivity (Wildman–Crippen MR) is 57.0 cm³/mol. The molecule has 0 aliphatic rings. The van der Waals surface area contributed by atoms with Gasteiger partial charge in [0.15, 0.2) is 0 Å². The normalized spacial score (nSPS) is 12.8. The van der Waals surface area contributed by atoms with Crippen LogP contribution >= 0.6 is 0 Å². The van der Waals surface area contributed by atoms with Crippen LogP contribution in [0.5, 0.6) is 0 Å². The Kier molecular flexibility index (Phi) is 8.20. The quantitative estimate of drug-likeness (QED) is 0.407. The van der Waals surface area contributed by atoms with Crippen LogP contribution < -0.4 is 0 Å². The molecule has 0 aromatic heterocycles. The molecule has 0 aliphatic heterocycles. The van der Waals surface area contributed by atoms with Gasteiger partial charge in [-0.25, -0.2) is 0 Å². The van der Waals surface area contributed by atoms with E-state index in [-0.39, 0.29) is 0 Å². The molecule has 0 heteroatoms. The Bertz CT molecular complexity index is 136. The van der Waals surface area contributed by atoms with Crippen LogP contribution in [-0.2, 0) is 0 Å². The van der Waals surface area contributed by atoms with Crippen molar-refractivity contribution in [3.05, 3.63) is 30.7 Å². The van der Waals surface area contributed by atoms with Crippen LogP contribution in [0.1, 0.15) is 46.0 Å². The van der Waals surface area contributed by atoms with Crippen LogP contribution in [0.15, 0.2) is 23.8 Å². The molecule has 12 heavy (non-hydrogen) atoms. The Morgan fingerprint density at radius 3 is 2.58 bits per heavy atom. The highest BCUT2D eigenvalue weighted by Crippen LogP contribution is 2.03. The summed E-state index contributed by atoms with van der Waals surface area (Å²) in [6.07, 6.45) is 13.0. The summed E-state index contributed by atoms with van der Waals surface area (Å²) in [7, 11) is 0. The van der Waals surface area contributed by atoms with E-state index in [2.05, 4.69) is 32.1 Å². The first-order valence-corrected chi connectivity index (χ1v) is 4.92. The summed E-state index contributed by atoms with van der Waals surface area (Å²) >= 11 is 0. The molecule has 1 radical (unpaired) electrons. The number of rotatable bonds is 6. The van der Waals surface area contributed by atoms with Crippen LogP contribution in [0.2, 0.25) is 0 Å². The SMILES string of the molecule is [CH2]C(C)=CC=CCCCCCC. The highest BCUT2D eigenvalue weighted by Gasteiger charge is 1.83. The maximum absolute atomic E-state index is 3.80. The van der Waals surface area contributed by atoms with Gasteiger partial charge in [-0.3, -0.25) is 0 Å².